The second-order valence-electron chi connectivity index (χ2n) is 3.11. The van der Waals surface area contributed by atoms with Crippen molar-refractivity contribution >= 4 is 17.4 Å². The van der Waals surface area contributed by atoms with E-state index in [2.05, 4.69) is 15.8 Å². The van der Waals surface area contributed by atoms with Gasteiger partial charge in [0.2, 0.25) is 5.91 Å². The van der Waals surface area contributed by atoms with Crippen molar-refractivity contribution in [1.29, 1.82) is 0 Å². The quantitative estimate of drug-likeness (QED) is 0.442. The first-order valence-electron chi connectivity index (χ1n) is 4.61. The molecule has 0 aliphatic heterocycles. The number of carbonyl (C=O) groups excluding carboxylic acids is 2. The van der Waals surface area contributed by atoms with E-state index in [9.17, 15) is 9.59 Å². The molecule has 0 saturated heterocycles. The minimum atomic E-state index is -0.544. The highest BCUT2D eigenvalue weighted by Crippen LogP contribution is 2.09. The number of hydrogen-bond acceptors (Lipinski definition) is 4. The highest BCUT2D eigenvalue weighted by molar-refractivity contribution is 5.94. The lowest BCUT2D eigenvalue weighted by Gasteiger charge is -1.99. The van der Waals surface area contributed by atoms with Crippen LogP contribution >= 0.6 is 0 Å². The zero-order chi connectivity index (χ0) is 12.0. The lowest BCUT2D eigenvalue weighted by molar-refractivity contribution is -0.116. The monoisotopic (exact) mass is 220 g/mol. The van der Waals surface area contributed by atoms with Crippen LogP contribution in [0, 0.1) is 0 Å². The van der Waals surface area contributed by atoms with Crippen LogP contribution in [0.15, 0.2) is 34.6 Å². The summed E-state index contributed by atoms with van der Waals surface area (Å²) in [6, 6.07) is 6.74. The van der Waals surface area contributed by atoms with Crippen molar-refractivity contribution in [2.24, 2.45) is 16.1 Å². The predicted octanol–water partition coefficient (Wildman–Crippen LogP) is 1.15. The van der Waals surface area contributed by atoms with E-state index in [-0.39, 0.29) is 12.3 Å². The van der Waals surface area contributed by atoms with Gasteiger partial charge < -0.3 is 5.73 Å². The van der Waals surface area contributed by atoms with Crippen LogP contribution < -0.4 is 11.2 Å². The molecule has 0 aliphatic rings. The third-order valence-corrected chi connectivity index (χ3v) is 1.77. The van der Waals surface area contributed by atoms with Crippen molar-refractivity contribution in [2.45, 2.75) is 6.92 Å². The Morgan fingerprint density at radius 3 is 2.44 bits per heavy atom. The number of primary amides is 1. The largest absolute Gasteiger partial charge is 0.368 e. The van der Waals surface area contributed by atoms with Crippen molar-refractivity contribution in [3.05, 3.63) is 29.8 Å². The summed E-state index contributed by atoms with van der Waals surface area (Å²) in [4.78, 5) is 21.3. The van der Waals surface area contributed by atoms with Crippen molar-refractivity contribution in [1.82, 2.24) is 0 Å². The maximum Gasteiger partial charge on any atom is 0.241 e. The number of ketones is 1. The van der Waals surface area contributed by atoms with Crippen molar-refractivity contribution in [3.8, 4) is 0 Å². The molecule has 0 saturated carbocycles. The summed E-state index contributed by atoms with van der Waals surface area (Å²) < 4.78 is 0. The maximum atomic E-state index is 11.0. The molecule has 6 heteroatoms. The van der Waals surface area contributed by atoms with Crippen LogP contribution in [-0.4, -0.2) is 18.2 Å². The average molecular weight is 220 g/mol. The van der Waals surface area contributed by atoms with Gasteiger partial charge in [0.1, 0.15) is 6.54 Å². The fourth-order valence-electron chi connectivity index (χ4n) is 0.978. The number of rotatable bonds is 5. The summed E-state index contributed by atoms with van der Waals surface area (Å²) in [5.74, 6) is -0.542. The van der Waals surface area contributed by atoms with E-state index in [0.717, 1.165) is 0 Å². The highest BCUT2D eigenvalue weighted by Gasteiger charge is 1.97. The van der Waals surface area contributed by atoms with Gasteiger partial charge in [0.15, 0.2) is 5.78 Å². The van der Waals surface area contributed by atoms with E-state index in [1.807, 2.05) is 0 Å². The molecular formula is C10H12N4O2. The Kier molecular flexibility index (Phi) is 4.14. The number of benzene rings is 1. The molecule has 6 nitrogen and oxygen atoms in total. The topological polar surface area (TPSA) is 96.9 Å². The van der Waals surface area contributed by atoms with Crippen LogP contribution in [-0.2, 0) is 4.79 Å². The summed E-state index contributed by atoms with van der Waals surface area (Å²) in [6.07, 6.45) is 0. The summed E-state index contributed by atoms with van der Waals surface area (Å²) in [5, 5.41) is 7.04. The minimum absolute atomic E-state index is 0.00176. The molecule has 0 bridgehead atoms. The molecule has 1 amide bonds. The van der Waals surface area contributed by atoms with E-state index in [4.69, 9.17) is 5.73 Å². The van der Waals surface area contributed by atoms with Gasteiger partial charge in [-0.1, -0.05) is 5.22 Å². The van der Waals surface area contributed by atoms with E-state index in [1.54, 1.807) is 24.3 Å². The second kappa shape index (κ2) is 5.59. The lowest BCUT2D eigenvalue weighted by Crippen LogP contribution is -2.13. The fraction of sp³-hybridized carbons (Fsp3) is 0.200. The van der Waals surface area contributed by atoms with E-state index in [1.165, 1.54) is 6.92 Å². The summed E-state index contributed by atoms with van der Waals surface area (Å²) >= 11 is 0. The van der Waals surface area contributed by atoms with E-state index in [0.29, 0.717) is 11.3 Å². The number of hydrogen-bond donors (Lipinski definition) is 2. The van der Waals surface area contributed by atoms with Crippen LogP contribution in [0.1, 0.15) is 17.3 Å². The number of anilines is 1. The maximum absolute atomic E-state index is 11.0. The molecule has 1 rings (SSSR count). The van der Waals surface area contributed by atoms with Crippen LogP contribution in [0.4, 0.5) is 5.69 Å². The van der Waals surface area contributed by atoms with E-state index < -0.39 is 5.91 Å². The Morgan fingerprint density at radius 2 is 1.94 bits per heavy atom. The Bertz CT molecular complexity index is 411. The Morgan fingerprint density at radius 1 is 1.31 bits per heavy atom. The van der Waals surface area contributed by atoms with Gasteiger partial charge in [0.05, 0.1) is 5.69 Å². The average Bonchev–Trinajstić information content (AvgIpc) is 2.25. The van der Waals surface area contributed by atoms with Crippen LogP contribution in [0.25, 0.3) is 0 Å². The molecule has 0 heterocycles. The SMILES string of the molecule is CC(=O)c1ccc(NN=NCC(N)=O)cc1. The Labute approximate surface area is 92.5 Å². The highest BCUT2D eigenvalue weighted by atomic mass is 16.1. The van der Waals surface area contributed by atoms with Crippen LogP contribution in [0.5, 0.6) is 0 Å². The van der Waals surface area contributed by atoms with Crippen molar-refractivity contribution in [2.75, 3.05) is 12.0 Å². The van der Waals surface area contributed by atoms with Gasteiger partial charge in [-0.05, 0) is 31.2 Å². The molecule has 0 aromatic heterocycles. The molecule has 1 aromatic rings. The molecule has 84 valence electrons. The smallest absolute Gasteiger partial charge is 0.241 e. The van der Waals surface area contributed by atoms with Gasteiger partial charge in [0.25, 0.3) is 0 Å². The zero-order valence-corrected chi connectivity index (χ0v) is 8.80. The van der Waals surface area contributed by atoms with Gasteiger partial charge in [-0.15, -0.1) is 0 Å². The van der Waals surface area contributed by atoms with Gasteiger partial charge in [0, 0.05) is 5.56 Å². The fourth-order valence-corrected chi connectivity index (χ4v) is 0.978. The van der Waals surface area contributed by atoms with Crippen molar-refractivity contribution < 1.29 is 9.59 Å². The lowest BCUT2D eigenvalue weighted by atomic mass is 10.1. The zero-order valence-electron chi connectivity index (χ0n) is 8.80. The number of amides is 1. The molecule has 0 aliphatic carbocycles. The number of Topliss-reactive ketones (excluding diaryl/α,β-unsaturated/α-hetero) is 1. The van der Waals surface area contributed by atoms with Gasteiger partial charge >= 0.3 is 0 Å². The third-order valence-electron chi connectivity index (χ3n) is 1.77. The molecule has 0 atom stereocenters. The first kappa shape index (κ1) is 11.8. The third kappa shape index (κ3) is 3.87. The first-order chi connectivity index (χ1) is 7.59. The molecule has 0 fully saturated rings. The summed E-state index contributed by atoms with van der Waals surface area (Å²) in [6.45, 7) is 1.34. The predicted molar refractivity (Wildman–Crippen MR) is 59.0 cm³/mol. The molecule has 3 N–H and O–H groups in total. The molecule has 0 radical (unpaired) electrons. The number of nitrogens with zero attached hydrogens (tertiary/aromatic N) is 2. The number of nitrogens with one attached hydrogen (secondary N) is 1. The minimum Gasteiger partial charge on any atom is -0.368 e. The van der Waals surface area contributed by atoms with Gasteiger partial charge in [-0.25, -0.2) is 0 Å². The van der Waals surface area contributed by atoms with Crippen LogP contribution in [0.3, 0.4) is 0 Å². The van der Waals surface area contributed by atoms with E-state index >= 15 is 0 Å². The molecule has 16 heavy (non-hydrogen) atoms. The molecular weight excluding hydrogens is 208 g/mol. The first-order valence-corrected chi connectivity index (χ1v) is 4.61. The normalized spacial score (nSPS) is 10.3. The second-order valence-corrected chi connectivity index (χ2v) is 3.11. The number of carbonyl (C=O) groups is 2. The molecule has 1 aromatic carbocycles. The summed E-state index contributed by atoms with van der Waals surface area (Å²) in [5.41, 5.74) is 8.78. The van der Waals surface area contributed by atoms with Gasteiger partial charge in [-0.3, -0.25) is 15.0 Å². The van der Waals surface area contributed by atoms with Gasteiger partial charge in [-0.2, -0.15) is 5.11 Å². The van der Waals surface area contributed by atoms with Crippen LogP contribution in [0.2, 0.25) is 0 Å². The Balaban J connectivity index is 2.52. The standard InChI is InChI=1S/C10H12N4O2/c1-7(15)8-2-4-9(5-3-8)13-14-12-6-10(11)16/h2-5H,6H2,1H3,(H2,11,16)(H,12,13). The number of nitrogens with two attached hydrogens (primary N) is 1. The Hall–Kier alpha value is -2.24. The summed E-state index contributed by atoms with van der Waals surface area (Å²) in [7, 11) is 0. The molecule has 0 unspecified atom stereocenters. The van der Waals surface area contributed by atoms with Crippen molar-refractivity contribution in [3.63, 3.8) is 0 Å². The molecule has 0 spiro atoms.